The van der Waals surface area contributed by atoms with Crippen molar-refractivity contribution in [3.8, 4) is 0 Å². The highest BCUT2D eigenvalue weighted by atomic mass is 19.1. The van der Waals surface area contributed by atoms with Crippen LogP contribution < -0.4 is 5.32 Å². The Bertz CT molecular complexity index is 374. The summed E-state index contributed by atoms with van der Waals surface area (Å²) in [6.07, 6.45) is 1.71. The molecule has 1 aliphatic rings. The molecule has 1 aliphatic carbocycles. The van der Waals surface area contributed by atoms with Gasteiger partial charge in [-0.05, 0) is 25.0 Å². The number of rotatable bonds is 2. The maximum atomic E-state index is 13.0. The summed E-state index contributed by atoms with van der Waals surface area (Å²) >= 11 is 0. The molecule has 1 fully saturated rings. The second-order valence-electron chi connectivity index (χ2n) is 3.39. The van der Waals surface area contributed by atoms with Crippen LogP contribution in [0.5, 0.6) is 0 Å². The van der Waals surface area contributed by atoms with Gasteiger partial charge >= 0.3 is 0 Å². The van der Waals surface area contributed by atoms with E-state index in [1.54, 1.807) is 0 Å². The van der Waals surface area contributed by atoms with Crippen LogP contribution >= 0.6 is 0 Å². The monoisotopic (exact) mass is 197 g/mol. The van der Waals surface area contributed by atoms with Crippen LogP contribution in [0.15, 0.2) is 18.2 Å². The predicted molar refractivity (Wildman–Crippen MR) is 47.7 cm³/mol. The van der Waals surface area contributed by atoms with Crippen LogP contribution in [0.2, 0.25) is 0 Å². The predicted octanol–water partition coefficient (Wildman–Crippen LogP) is 2.31. The highest BCUT2D eigenvalue weighted by Gasteiger charge is 2.29. The number of benzene rings is 1. The second-order valence-corrected chi connectivity index (χ2v) is 3.39. The minimum atomic E-state index is -0.737. The molecule has 4 heteroatoms. The number of carbonyl (C=O) groups excluding carboxylic acids is 1. The van der Waals surface area contributed by atoms with Gasteiger partial charge in [0.05, 0.1) is 5.69 Å². The fourth-order valence-electron chi connectivity index (χ4n) is 1.17. The number of anilines is 1. The summed E-state index contributed by atoms with van der Waals surface area (Å²) in [4.78, 5) is 11.2. The van der Waals surface area contributed by atoms with Crippen molar-refractivity contribution in [1.82, 2.24) is 0 Å². The van der Waals surface area contributed by atoms with Gasteiger partial charge in [-0.1, -0.05) is 0 Å². The Hall–Kier alpha value is -1.45. The van der Waals surface area contributed by atoms with Crippen LogP contribution in [0.1, 0.15) is 12.8 Å². The zero-order valence-electron chi connectivity index (χ0n) is 7.39. The molecule has 0 spiro atoms. The molecule has 0 radical (unpaired) electrons. The molecule has 1 N–H and O–H groups in total. The lowest BCUT2D eigenvalue weighted by Crippen LogP contribution is -2.14. The van der Waals surface area contributed by atoms with Gasteiger partial charge in [0, 0.05) is 12.0 Å². The van der Waals surface area contributed by atoms with Gasteiger partial charge in [-0.3, -0.25) is 4.79 Å². The van der Waals surface area contributed by atoms with Crippen LogP contribution in [0.4, 0.5) is 14.5 Å². The first-order valence-corrected chi connectivity index (χ1v) is 4.43. The molecule has 1 saturated carbocycles. The average Bonchev–Trinajstić information content (AvgIpc) is 2.92. The Morgan fingerprint density at radius 1 is 1.36 bits per heavy atom. The smallest absolute Gasteiger partial charge is 0.227 e. The van der Waals surface area contributed by atoms with Crippen molar-refractivity contribution < 1.29 is 13.6 Å². The number of halogens is 2. The molecule has 0 aromatic heterocycles. The van der Waals surface area contributed by atoms with Gasteiger partial charge in [0.15, 0.2) is 0 Å². The summed E-state index contributed by atoms with van der Waals surface area (Å²) in [5, 5.41) is 2.42. The van der Waals surface area contributed by atoms with Crippen molar-refractivity contribution in [2.24, 2.45) is 5.92 Å². The molecule has 0 atom stereocenters. The molecule has 0 aliphatic heterocycles. The lowest BCUT2D eigenvalue weighted by molar-refractivity contribution is -0.117. The van der Waals surface area contributed by atoms with Crippen molar-refractivity contribution in [3.05, 3.63) is 29.8 Å². The molecule has 1 aromatic carbocycles. The van der Waals surface area contributed by atoms with Gasteiger partial charge < -0.3 is 5.32 Å². The van der Waals surface area contributed by atoms with Crippen molar-refractivity contribution in [1.29, 1.82) is 0 Å². The fourth-order valence-corrected chi connectivity index (χ4v) is 1.17. The minimum Gasteiger partial charge on any atom is -0.323 e. The van der Waals surface area contributed by atoms with Crippen LogP contribution in [0.3, 0.4) is 0 Å². The molecule has 74 valence electrons. The van der Waals surface area contributed by atoms with Crippen LogP contribution in [0.25, 0.3) is 0 Å². The maximum Gasteiger partial charge on any atom is 0.227 e. The summed E-state index contributed by atoms with van der Waals surface area (Å²) in [5.41, 5.74) is 0.0447. The third-order valence-electron chi connectivity index (χ3n) is 2.14. The Labute approximate surface area is 79.9 Å². The number of carbonyl (C=O) groups is 1. The Morgan fingerprint density at radius 3 is 2.64 bits per heavy atom. The molecule has 0 saturated heterocycles. The van der Waals surface area contributed by atoms with E-state index in [1.807, 2.05) is 0 Å². The lowest BCUT2D eigenvalue weighted by Gasteiger charge is -2.04. The summed E-state index contributed by atoms with van der Waals surface area (Å²) < 4.78 is 25.5. The van der Waals surface area contributed by atoms with E-state index < -0.39 is 11.6 Å². The summed E-state index contributed by atoms with van der Waals surface area (Å²) in [7, 11) is 0. The highest BCUT2D eigenvalue weighted by Crippen LogP contribution is 2.30. The Morgan fingerprint density at radius 2 is 2.07 bits per heavy atom. The summed E-state index contributed by atoms with van der Waals surface area (Å²) in [6, 6.07) is 3.10. The first kappa shape index (κ1) is 9.12. The Balaban J connectivity index is 2.11. The quantitative estimate of drug-likeness (QED) is 0.774. The van der Waals surface area contributed by atoms with E-state index in [2.05, 4.69) is 5.32 Å². The summed E-state index contributed by atoms with van der Waals surface area (Å²) in [5.74, 6) is -1.55. The van der Waals surface area contributed by atoms with Gasteiger partial charge in [-0.2, -0.15) is 0 Å². The highest BCUT2D eigenvalue weighted by molar-refractivity contribution is 5.94. The molecular formula is C10H9F2NO. The third-order valence-corrected chi connectivity index (χ3v) is 2.14. The number of nitrogens with one attached hydrogen (secondary N) is 1. The van der Waals surface area contributed by atoms with Crippen LogP contribution in [-0.4, -0.2) is 5.91 Å². The van der Waals surface area contributed by atoms with Gasteiger partial charge in [-0.25, -0.2) is 8.78 Å². The van der Waals surface area contributed by atoms with Gasteiger partial charge in [-0.15, -0.1) is 0 Å². The molecule has 14 heavy (non-hydrogen) atoms. The molecule has 0 bridgehead atoms. The zero-order chi connectivity index (χ0) is 10.1. The van der Waals surface area contributed by atoms with E-state index in [0.29, 0.717) is 0 Å². The van der Waals surface area contributed by atoms with Crippen molar-refractivity contribution in [2.75, 3.05) is 5.32 Å². The van der Waals surface area contributed by atoms with E-state index in [-0.39, 0.29) is 17.5 Å². The van der Waals surface area contributed by atoms with Gasteiger partial charge in [0.2, 0.25) is 5.91 Å². The normalized spacial score (nSPS) is 15.3. The molecule has 1 aromatic rings. The van der Waals surface area contributed by atoms with Crippen LogP contribution in [-0.2, 0) is 4.79 Å². The average molecular weight is 197 g/mol. The van der Waals surface area contributed by atoms with Gasteiger partial charge in [0.1, 0.15) is 11.6 Å². The molecular weight excluding hydrogens is 188 g/mol. The van der Waals surface area contributed by atoms with E-state index in [1.165, 1.54) is 6.07 Å². The standard InChI is InChI=1S/C10H9F2NO/c11-7-3-4-9(8(12)5-7)13-10(14)6-1-2-6/h3-6H,1-2H2,(H,13,14). The Kier molecular flexibility index (Phi) is 2.19. The van der Waals surface area contributed by atoms with Gasteiger partial charge in [0.25, 0.3) is 0 Å². The summed E-state index contributed by atoms with van der Waals surface area (Å²) in [6.45, 7) is 0. The minimum absolute atomic E-state index is 0.0134. The largest absolute Gasteiger partial charge is 0.323 e. The first-order chi connectivity index (χ1) is 6.66. The first-order valence-electron chi connectivity index (χ1n) is 4.43. The molecule has 0 heterocycles. The molecule has 2 rings (SSSR count). The zero-order valence-corrected chi connectivity index (χ0v) is 7.39. The lowest BCUT2D eigenvalue weighted by atomic mass is 10.3. The van der Waals surface area contributed by atoms with Crippen molar-refractivity contribution in [3.63, 3.8) is 0 Å². The number of amides is 1. The van der Waals surface area contributed by atoms with Crippen molar-refractivity contribution >= 4 is 11.6 Å². The SMILES string of the molecule is O=C(Nc1ccc(F)cc1F)C1CC1. The van der Waals surface area contributed by atoms with E-state index in [4.69, 9.17) is 0 Å². The molecule has 1 amide bonds. The van der Waals surface area contributed by atoms with E-state index in [9.17, 15) is 13.6 Å². The topological polar surface area (TPSA) is 29.1 Å². The number of hydrogen-bond donors (Lipinski definition) is 1. The fraction of sp³-hybridized carbons (Fsp3) is 0.300. The van der Waals surface area contributed by atoms with E-state index >= 15 is 0 Å². The second kappa shape index (κ2) is 3.36. The third kappa shape index (κ3) is 1.89. The van der Waals surface area contributed by atoms with Crippen molar-refractivity contribution in [2.45, 2.75) is 12.8 Å². The number of hydrogen-bond acceptors (Lipinski definition) is 1. The maximum absolute atomic E-state index is 13.0. The van der Waals surface area contributed by atoms with Crippen LogP contribution in [0, 0.1) is 17.6 Å². The van der Waals surface area contributed by atoms with E-state index in [0.717, 1.165) is 25.0 Å². The molecule has 0 unspecified atom stereocenters. The molecule has 2 nitrogen and oxygen atoms in total.